The molecule has 0 spiro atoms. The van der Waals surface area contributed by atoms with Gasteiger partial charge < -0.3 is 14.2 Å². The van der Waals surface area contributed by atoms with E-state index in [1.165, 1.54) is 26.2 Å². The highest BCUT2D eigenvalue weighted by Gasteiger charge is 2.45. The Morgan fingerprint density at radius 3 is 1.75 bits per heavy atom. The zero-order valence-corrected chi connectivity index (χ0v) is 29.3. The Balaban J connectivity index is 1.51. The fraction of sp³-hybridized carbons (Fsp3) is 0.690. The number of H-pyrrole nitrogens is 2. The van der Waals surface area contributed by atoms with Gasteiger partial charge in [0.2, 0.25) is 0 Å². The highest BCUT2D eigenvalue weighted by molar-refractivity contribution is 7.71. The maximum absolute atomic E-state index is 14.1. The van der Waals surface area contributed by atoms with Crippen LogP contribution >= 0.6 is 7.60 Å². The first-order chi connectivity index (χ1) is 24.4. The van der Waals surface area contributed by atoms with Crippen molar-refractivity contribution in [1.29, 1.82) is 0 Å². The largest absolute Gasteiger partial charge is 0.457 e. The highest BCUT2D eigenvalue weighted by Crippen LogP contribution is 2.52. The van der Waals surface area contributed by atoms with Gasteiger partial charge in [-0.2, -0.15) is 0 Å². The summed E-state index contributed by atoms with van der Waals surface area (Å²) >= 11 is 0. The van der Waals surface area contributed by atoms with E-state index >= 15 is 0 Å². The Morgan fingerprint density at radius 1 is 0.843 bits per heavy atom. The molecule has 6 atom stereocenters. The lowest BCUT2D eigenvalue weighted by atomic mass is 10.1. The predicted octanol–water partition coefficient (Wildman–Crippen LogP) is 4.36. The molecule has 0 amide bonds. The van der Waals surface area contributed by atoms with Crippen molar-refractivity contribution in [2.45, 2.75) is 109 Å². The van der Waals surface area contributed by atoms with Gasteiger partial charge in [0.25, 0.3) is 11.1 Å². The molecule has 2 aliphatic heterocycles. The van der Waals surface area contributed by atoms with E-state index in [0.29, 0.717) is 6.42 Å². The average Bonchev–Trinajstić information content (AvgIpc) is 3.69. The number of carbonyl (C=O) groups is 1. The monoisotopic (exact) mass is 736 g/mol. The summed E-state index contributed by atoms with van der Waals surface area (Å²) in [5, 5.41) is 7.42. The molecular formula is C29H41N10O11P. The van der Waals surface area contributed by atoms with Gasteiger partial charge >= 0.3 is 24.7 Å². The number of hydrogen-bond donors (Lipinski definition) is 2. The summed E-state index contributed by atoms with van der Waals surface area (Å²) in [5.74, 6) is 0. The van der Waals surface area contributed by atoms with Gasteiger partial charge in [-0.05, 0) is 31.3 Å². The normalized spacial score (nSPS) is 24.0. The molecular weight excluding hydrogens is 695 g/mol. The van der Waals surface area contributed by atoms with Crippen LogP contribution in [0.25, 0.3) is 20.9 Å². The van der Waals surface area contributed by atoms with Gasteiger partial charge in [0.1, 0.15) is 12.5 Å². The van der Waals surface area contributed by atoms with Crippen LogP contribution in [0.4, 0.5) is 4.79 Å². The van der Waals surface area contributed by atoms with Crippen LogP contribution in [0.3, 0.4) is 0 Å². The first-order valence-corrected chi connectivity index (χ1v) is 18.0. The Bertz CT molecular complexity index is 1810. The molecule has 2 aromatic rings. The average molecular weight is 737 g/mol. The summed E-state index contributed by atoms with van der Waals surface area (Å²) in [6.45, 7) is 3.77. The van der Waals surface area contributed by atoms with Gasteiger partial charge in [0, 0.05) is 46.2 Å². The van der Waals surface area contributed by atoms with Crippen LogP contribution in [-0.2, 0) is 27.8 Å². The maximum Gasteiger partial charge on any atom is 0.438 e. The topological polar surface area (TPSA) is 288 Å². The van der Waals surface area contributed by atoms with Crippen molar-refractivity contribution in [3.8, 4) is 0 Å². The van der Waals surface area contributed by atoms with E-state index < -0.39 is 85.8 Å². The molecule has 0 saturated carbocycles. The van der Waals surface area contributed by atoms with E-state index in [9.17, 15) is 39.6 Å². The molecule has 2 aliphatic rings. The second-order valence-electron chi connectivity index (χ2n) is 12.2. The number of nitrogens with zero attached hydrogens (tertiary/aromatic N) is 8. The van der Waals surface area contributed by atoms with Crippen molar-refractivity contribution in [2.75, 3.05) is 19.8 Å². The lowest BCUT2D eigenvalue weighted by molar-refractivity contribution is -0.0343. The molecule has 278 valence electrons. The van der Waals surface area contributed by atoms with Gasteiger partial charge in [-0.25, -0.2) is 18.9 Å². The van der Waals surface area contributed by atoms with E-state index in [0.717, 1.165) is 41.2 Å². The van der Waals surface area contributed by atoms with Crippen LogP contribution in [0.2, 0.25) is 0 Å². The third-order valence-corrected chi connectivity index (χ3v) is 10.0. The standard InChI is InChI=1S/C29H41N10O11P/c1-4-5-6-7-8-9-10-46-29(44)51(45,47-15-21-19(34-36-30)11-23(49-21)38-13-17(2)25(40)32-27(38)42)48-16-22-20(35-37-31)12-24(50-22)39-14-18(3)26(41)33-28(39)43/h13-14,19-24H,4-12,15-16H2,1-3H3,(H,32,40,42)(H,33,41,43)/t19-,20-,21+,22+,23+,24+/m0/s1. The summed E-state index contributed by atoms with van der Waals surface area (Å²) in [6.07, 6.45) is 3.62. The molecule has 0 aliphatic carbocycles. The van der Waals surface area contributed by atoms with E-state index in [-0.39, 0.29) is 30.6 Å². The zero-order chi connectivity index (χ0) is 37.1. The van der Waals surface area contributed by atoms with Crippen LogP contribution in [-0.4, -0.2) is 68.9 Å². The molecule has 4 heterocycles. The molecule has 21 nitrogen and oxygen atoms in total. The summed E-state index contributed by atoms with van der Waals surface area (Å²) in [5.41, 5.74) is 14.8. The predicted molar refractivity (Wildman–Crippen MR) is 179 cm³/mol. The molecule has 4 rings (SSSR count). The minimum Gasteiger partial charge on any atom is -0.457 e. The Kier molecular flexibility index (Phi) is 14.0. The minimum absolute atomic E-state index is 0.0220. The summed E-state index contributed by atoms with van der Waals surface area (Å²) in [6, 6.07) is -1.89. The first kappa shape index (κ1) is 39.3. The van der Waals surface area contributed by atoms with Gasteiger partial charge in [0.15, 0.2) is 0 Å². The van der Waals surface area contributed by atoms with Gasteiger partial charge in [-0.15, -0.1) is 0 Å². The van der Waals surface area contributed by atoms with Crippen LogP contribution < -0.4 is 22.5 Å². The maximum atomic E-state index is 14.1. The van der Waals surface area contributed by atoms with E-state index in [2.05, 4.69) is 36.9 Å². The summed E-state index contributed by atoms with van der Waals surface area (Å²) in [4.78, 5) is 72.0. The quantitative estimate of drug-likeness (QED) is 0.0712. The number of rotatable bonds is 18. The van der Waals surface area contributed by atoms with E-state index in [4.69, 9.17) is 23.3 Å². The van der Waals surface area contributed by atoms with Crippen molar-refractivity contribution >= 4 is 13.3 Å². The number of nitrogens with one attached hydrogen (secondary N) is 2. The number of hydrogen-bond acceptors (Lipinski definition) is 13. The molecule has 2 N–H and O–H groups in total. The third kappa shape index (κ3) is 10.1. The summed E-state index contributed by atoms with van der Waals surface area (Å²) < 4.78 is 44.6. The van der Waals surface area contributed by atoms with Gasteiger partial charge in [0.05, 0.1) is 44.1 Å². The highest BCUT2D eigenvalue weighted by atomic mass is 31.2. The number of unbranched alkanes of at least 4 members (excludes halogenated alkanes) is 5. The molecule has 0 bridgehead atoms. The van der Waals surface area contributed by atoms with E-state index in [1.807, 2.05) is 0 Å². The SMILES string of the molecule is CCCCCCCCOC(=O)P(=O)(OC[C@H]1O[C@@H](n2cc(C)c(=O)[nH]c2=O)C[C@@H]1N=[N+]=[N-])OC[C@H]1O[C@@H](n2cc(C)c(=O)[nH]c2=O)C[C@@H]1N=[N+]=[N-]. The molecule has 2 aromatic heterocycles. The van der Waals surface area contributed by atoms with Crippen LogP contribution in [0.15, 0.2) is 41.8 Å². The number of aryl methyl sites for hydroxylation is 2. The molecule has 2 saturated heterocycles. The Hall–Kier alpha value is -4.48. The fourth-order valence-electron chi connectivity index (χ4n) is 5.65. The number of ether oxygens (including phenoxy) is 3. The van der Waals surface area contributed by atoms with Crippen molar-refractivity contribution in [3.05, 3.63) is 86.1 Å². The molecule has 51 heavy (non-hydrogen) atoms. The molecule has 0 unspecified atom stereocenters. The number of azide groups is 2. The second kappa shape index (κ2) is 18.1. The van der Waals surface area contributed by atoms with Crippen molar-refractivity contribution in [2.24, 2.45) is 10.2 Å². The fourth-order valence-corrected chi connectivity index (χ4v) is 6.88. The second-order valence-corrected chi connectivity index (χ2v) is 14.1. The molecule has 2 fully saturated rings. The number of aromatic nitrogens is 4. The lowest BCUT2D eigenvalue weighted by Gasteiger charge is -2.23. The van der Waals surface area contributed by atoms with Gasteiger partial charge in [-0.3, -0.25) is 37.7 Å². The van der Waals surface area contributed by atoms with Gasteiger partial charge in [-0.1, -0.05) is 49.3 Å². The number of carbonyl (C=O) groups excluding carboxylic acids is 1. The lowest BCUT2D eigenvalue weighted by Crippen LogP contribution is -2.33. The number of aromatic amines is 2. The third-order valence-electron chi connectivity index (χ3n) is 8.49. The molecule has 22 heteroatoms. The van der Waals surface area contributed by atoms with Crippen LogP contribution in [0.1, 0.15) is 81.9 Å². The van der Waals surface area contributed by atoms with Crippen molar-refractivity contribution < 1.29 is 32.6 Å². The molecule has 0 radical (unpaired) electrons. The smallest absolute Gasteiger partial charge is 0.438 e. The van der Waals surface area contributed by atoms with Crippen molar-refractivity contribution in [1.82, 2.24) is 19.1 Å². The zero-order valence-electron chi connectivity index (χ0n) is 28.4. The Labute approximate surface area is 290 Å². The molecule has 0 aromatic carbocycles. The van der Waals surface area contributed by atoms with E-state index in [1.54, 1.807) is 0 Å². The Morgan fingerprint density at radius 2 is 1.29 bits per heavy atom. The summed E-state index contributed by atoms with van der Waals surface area (Å²) in [7, 11) is -4.83. The first-order valence-electron chi connectivity index (χ1n) is 16.5. The minimum atomic E-state index is -4.83. The van der Waals surface area contributed by atoms with Crippen molar-refractivity contribution in [3.63, 3.8) is 0 Å². The van der Waals surface area contributed by atoms with Crippen LogP contribution in [0.5, 0.6) is 0 Å². The van der Waals surface area contributed by atoms with Crippen LogP contribution in [0, 0.1) is 13.8 Å².